The number of unbranched alkanes of at least 4 members (excludes halogenated alkanes) is 1. The normalized spacial score (nSPS) is 13.8. The first-order chi connectivity index (χ1) is 18.2. The molecule has 0 N–H and O–H groups in total. The van der Waals surface area contributed by atoms with Crippen LogP contribution in [0.1, 0.15) is 57.3 Å². The van der Waals surface area contributed by atoms with Gasteiger partial charge in [0.25, 0.3) is 11.8 Å². The average molecular weight is 519 g/mol. The highest BCUT2D eigenvalue weighted by Gasteiger charge is 2.46. The number of anilines is 2. The largest absolute Gasteiger partial charge is 0.376 e. The molecule has 1 aliphatic heterocycles. The van der Waals surface area contributed by atoms with Crippen molar-refractivity contribution in [3.8, 4) is 0 Å². The summed E-state index contributed by atoms with van der Waals surface area (Å²) in [5, 5.41) is 7.39. The Hall–Kier alpha value is -4.01. The summed E-state index contributed by atoms with van der Waals surface area (Å²) in [6, 6.07) is 27.2. The molecule has 200 valence electrons. The van der Waals surface area contributed by atoms with Gasteiger partial charge < -0.3 is 0 Å². The lowest BCUT2D eigenvalue weighted by molar-refractivity contribution is -0.510. The molecule has 2 amide bonds. The van der Waals surface area contributed by atoms with Gasteiger partial charge in [0.1, 0.15) is 5.92 Å². The van der Waals surface area contributed by atoms with Crippen molar-refractivity contribution in [1.82, 2.24) is 0 Å². The summed E-state index contributed by atoms with van der Waals surface area (Å²) in [6.45, 7) is 7.41. The number of benzene rings is 3. The van der Waals surface area contributed by atoms with E-state index in [0.29, 0.717) is 23.4 Å². The van der Waals surface area contributed by atoms with Crippen LogP contribution in [-0.4, -0.2) is 23.4 Å². The molecule has 1 heterocycles. The highest BCUT2D eigenvalue weighted by Crippen LogP contribution is 2.33. The SMILES string of the molecule is CC(C)(C)OOOC(=O)c1ccccc1.CCCCC1C(=O)N(c2ccccc2)N(c2ccccc2)C1=O. The number of para-hydroxylation sites is 2. The lowest BCUT2D eigenvalue weighted by Gasteiger charge is -2.27. The van der Waals surface area contributed by atoms with E-state index in [9.17, 15) is 14.4 Å². The summed E-state index contributed by atoms with van der Waals surface area (Å²) < 4.78 is 0. The molecule has 1 fully saturated rings. The monoisotopic (exact) mass is 518 g/mol. The van der Waals surface area contributed by atoms with Gasteiger partial charge in [0.05, 0.1) is 22.5 Å². The van der Waals surface area contributed by atoms with Gasteiger partial charge in [-0.15, -0.1) is 0 Å². The van der Waals surface area contributed by atoms with Crippen LogP contribution < -0.4 is 10.0 Å². The van der Waals surface area contributed by atoms with Crippen molar-refractivity contribution in [2.45, 2.75) is 52.6 Å². The summed E-state index contributed by atoms with van der Waals surface area (Å²) in [6.07, 6.45) is 2.43. The minimum absolute atomic E-state index is 0.140. The Bertz CT molecular complexity index is 1120. The quantitative estimate of drug-likeness (QED) is 0.198. The molecule has 4 rings (SSSR count). The third kappa shape index (κ3) is 7.74. The Morgan fingerprint density at radius 1 is 0.763 bits per heavy atom. The van der Waals surface area contributed by atoms with Gasteiger partial charge in [-0.25, -0.2) is 14.8 Å². The van der Waals surface area contributed by atoms with E-state index >= 15 is 0 Å². The van der Waals surface area contributed by atoms with E-state index < -0.39 is 17.5 Å². The smallest absolute Gasteiger partial charge is 0.272 e. The maximum absolute atomic E-state index is 12.9. The molecular weight excluding hydrogens is 484 g/mol. The predicted molar refractivity (Wildman–Crippen MR) is 145 cm³/mol. The number of hydrogen-bond donors (Lipinski definition) is 0. The first-order valence-electron chi connectivity index (χ1n) is 12.6. The van der Waals surface area contributed by atoms with Gasteiger partial charge in [-0.05, 0) is 68.6 Å². The molecule has 0 radical (unpaired) electrons. The molecule has 0 saturated carbocycles. The number of nitrogens with zero attached hydrogens (tertiary/aromatic N) is 2. The van der Waals surface area contributed by atoms with Gasteiger partial charge in [0.2, 0.25) is 0 Å². The molecule has 0 aromatic heterocycles. The van der Waals surface area contributed by atoms with Crippen LogP contribution >= 0.6 is 0 Å². The first-order valence-corrected chi connectivity index (χ1v) is 12.6. The second kappa shape index (κ2) is 13.5. The van der Waals surface area contributed by atoms with Crippen molar-refractivity contribution in [3.63, 3.8) is 0 Å². The lowest BCUT2D eigenvalue weighted by atomic mass is 10.0. The van der Waals surface area contributed by atoms with Crippen LogP contribution in [0.4, 0.5) is 11.4 Å². The third-order valence-electron chi connectivity index (χ3n) is 5.46. The van der Waals surface area contributed by atoms with Crippen molar-refractivity contribution < 1.29 is 29.2 Å². The molecule has 0 bridgehead atoms. The fourth-order valence-corrected chi connectivity index (χ4v) is 3.65. The first kappa shape index (κ1) is 28.6. The number of rotatable bonds is 8. The second-order valence-electron chi connectivity index (χ2n) is 9.67. The zero-order valence-corrected chi connectivity index (χ0v) is 22.2. The number of amides is 2. The molecule has 8 nitrogen and oxygen atoms in total. The minimum Gasteiger partial charge on any atom is -0.272 e. The van der Waals surface area contributed by atoms with Gasteiger partial charge in [0.15, 0.2) is 0 Å². The molecule has 1 saturated heterocycles. The van der Waals surface area contributed by atoms with Crippen molar-refractivity contribution in [2.75, 3.05) is 10.0 Å². The fourth-order valence-electron chi connectivity index (χ4n) is 3.65. The van der Waals surface area contributed by atoms with Gasteiger partial charge in [0, 0.05) is 0 Å². The maximum Gasteiger partial charge on any atom is 0.376 e. The van der Waals surface area contributed by atoms with Crippen LogP contribution in [0.2, 0.25) is 0 Å². The maximum atomic E-state index is 12.9. The zero-order chi connectivity index (χ0) is 27.5. The van der Waals surface area contributed by atoms with E-state index in [2.05, 4.69) is 16.8 Å². The Labute approximate surface area is 223 Å². The Morgan fingerprint density at radius 2 is 1.21 bits per heavy atom. The minimum atomic E-state index is -0.588. The van der Waals surface area contributed by atoms with E-state index in [4.69, 9.17) is 4.89 Å². The fraction of sp³-hybridized carbons (Fsp3) is 0.300. The third-order valence-corrected chi connectivity index (χ3v) is 5.46. The standard InChI is InChI=1S/C19H20N2O2.C11H14O4/c1-2-3-14-17-18(22)20(15-10-6-4-7-11-15)21(19(17)23)16-12-8-5-9-13-16;1-11(2,3)14-15-13-10(12)9-7-5-4-6-8-9/h4-13,17H,2-3,14H2,1H3;4-8H,1-3H3. The molecule has 1 aliphatic rings. The van der Waals surface area contributed by atoms with Crippen molar-refractivity contribution in [3.05, 3.63) is 96.6 Å². The zero-order valence-electron chi connectivity index (χ0n) is 22.2. The molecule has 38 heavy (non-hydrogen) atoms. The van der Waals surface area contributed by atoms with Gasteiger partial charge >= 0.3 is 5.97 Å². The van der Waals surface area contributed by atoms with Crippen LogP contribution in [0, 0.1) is 5.92 Å². The van der Waals surface area contributed by atoms with Gasteiger partial charge in [-0.3, -0.25) is 14.5 Å². The summed E-state index contributed by atoms with van der Waals surface area (Å²) in [5.74, 6) is -1.45. The number of carbonyl (C=O) groups excluding carboxylic acids is 3. The molecule has 0 aliphatic carbocycles. The number of hydrazine groups is 1. The summed E-state index contributed by atoms with van der Waals surface area (Å²) in [7, 11) is 0. The Kier molecular flexibility index (Phi) is 10.2. The van der Waals surface area contributed by atoms with E-state index in [-0.39, 0.29) is 11.8 Å². The molecule has 8 heteroatoms. The molecule has 0 unspecified atom stereocenters. The van der Waals surface area contributed by atoms with E-state index in [0.717, 1.165) is 12.8 Å². The van der Waals surface area contributed by atoms with Crippen molar-refractivity contribution >= 4 is 29.2 Å². The van der Waals surface area contributed by atoms with Crippen LogP contribution in [0.3, 0.4) is 0 Å². The second-order valence-corrected chi connectivity index (χ2v) is 9.67. The molecular formula is C30H34N2O6. The van der Waals surface area contributed by atoms with Crippen LogP contribution in [0.5, 0.6) is 0 Å². The number of carbonyl (C=O) groups is 3. The van der Waals surface area contributed by atoms with E-state index in [1.54, 1.807) is 45.0 Å². The van der Waals surface area contributed by atoms with Gasteiger partial charge in [-0.2, -0.15) is 4.89 Å². The van der Waals surface area contributed by atoms with Crippen LogP contribution in [0.15, 0.2) is 91.0 Å². The summed E-state index contributed by atoms with van der Waals surface area (Å²) in [4.78, 5) is 46.3. The summed E-state index contributed by atoms with van der Waals surface area (Å²) in [5.41, 5.74) is 1.33. The van der Waals surface area contributed by atoms with Gasteiger partial charge in [-0.1, -0.05) is 74.4 Å². The van der Waals surface area contributed by atoms with Crippen LogP contribution in [-0.2, 0) is 24.4 Å². The highest BCUT2D eigenvalue weighted by atomic mass is 17.5. The molecule has 0 spiro atoms. The Balaban J connectivity index is 0.000000232. The summed E-state index contributed by atoms with van der Waals surface area (Å²) >= 11 is 0. The van der Waals surface area contributed by atoms with E-state index in [1.807, 2.05) is 66.7 Å². The van der Waals surface area contributed by atoms with E-state index in [1.165, 1.54) is 10.0 Å². The molecule has 0 atom stereocenters. The number of hydrogen-bond acceptors (Lipinski definition) is 6. The average Bonchev–Trinajstić information content (AvgIpc) is 3.17. The highest BCUT2D eigenvalue weighted by molar-refractivity contribution is 6.22. The molecule has 3 aromatic carbocycles. The van der Waals surface area contributed by atoms with Crippen LogP contribution in [0.25, 0.3) is 0 Å². The molecule has 3 aromatic rings. The topological polar surface area (TPSA) is 85.4 Å². The van der Waals surface area contributed by atoms with Crippen molar-refractivity contribution in [1.29, 1.82) is 0 Å². The van der Waals surface area contributed by atoms with Crippen molar-refractivity contribution in [2.24, 2.45) is 5.92 Å². The Morgan fingerprint density at radius 3 is 1.63 bits per heavy atom. The lowest BCUT2D eigenvalue weighted by Crippen LogP contribution is -2.41. The predicted octanol–water partition coefficient (Wildman–Crippen LogP) is 6.29.